The third-order valence-corrected chi connectivity index (χ3v) is 4.85. The third-order valence-electron chi connectivity index (χ3n) is 4.85. The number of carboxylic acid groups (broad SMARTS) is 1. The molecule has 1 saturated heterocycles. The molecule has 0 spiro atoms. The lowest BCUT2D eigenvalue weighted by Gasteiger charge is -2.47. The summed E-state index contributed by atoms with van der Waals surface area (Å²) in [6.07, 6.45) is 7.09. The summed E-state index contributed by atoms with van der Waals surface area (Å²) in [4.78, 5) is 13.5. The molecular weight excluding hydrogens is 230 g/mol. The van der Waals surface area contributed by atoms with Crippen molar-refractivity contribution >= 4 is 5.97 Å². The highest BCUT2D eigenvalue weighted by Gasteiger charge is 2.43. The van der Waals surface area contributed by atoms with Crippen molar-refractivity contribution in [3.63, 3.8) is 0 Å². The van der Waals surface area contributed by atoms with Crippen LogP contribution in [0.2, 0.25) is 0 Å². The van der Waals surface area contributed by atoms with Crippen LogP contribution in [0.1, 0.15) is 51.9 Å². The van der Waals surface area contributed by atoms with Gasteiger partial charge in [0.05, 0.1) is 12.5 Å². The molecule has 0 aromatic rings. The van der Waals surface area contributed by atoms with Crippen molar-refractivity contribution in [1.82, 2.24) is 4.90 Å². The summed E-state index contributed by atoms with van der Waals surface area (Å²) >= 11 is 0. The van der Waals surface area contributed by atoms with Gasteiger partial charge in [-0.25, -0.2) is 0 Å². The van der Waals surface area contributed by atoms with Crippen molar-refractivity contribution < 1.29 is 14.6 Å². The molecule has 1 heterocycles. The monoisotopic (exact) mass is 255 g/mol. The van der Waals surface area contributed by atoms with Gasteiger partial charge in [0.25, 0.3) is 0 Å². The molecule has 2 atom stereocenters. The fourth-order valence-electron chi connectivity index (χ4n) is 3.73. The maximum absolute atomic E-state index is 11.2. The van der Waals surface area contributed by atoms with Gasteiger partial charge in [-0.2, -0.15) is 0 Å². The van der Waals surface area contributed by atoms with Crippen LogP contribution in [-0.4, -0.2) is 47.3 Å². The van der Waals surface area contributed by atoms with Crippen molar-refractivity contribution in [2.24, 2.45) is 0 Å². The number of hydrogen-bond acceptors (Lipinski definition) is 3. The molecule has 1 aliphatic heterocycles. The van der Waals surface area contributed by atoms with E-state index in [4.69, 9.17) is 4.74 Å². The maximum atomic E-state index is 11.2. The highest BCUT2D eigenvalue weighted by Crippen LogP contribution is 2.39. The quantitative estimate of drug-likeness (QED) is 0.837. The first-order valence-corrected chi connectivity index (χ1v) is 7.11. The maximum Gasteiger partial charge on any atom is 0.305 e. The Morgan fingerprint density at radius 1 is 1.39 bits per heavy atom. The number of aliphatic carboxylic acids is 1. The van der Waals surface area contributed by atoms with E-state index in [0.29, 0.717) is 6.04 Å². The van der Waals surface area contributed by atoms with Crippen LogP contribution in [0.5, 0.6) is 0 Å². The van der Waals surface area contributed by atoms with Crippen molar-refractivity contribution in [2.45, 2.75) is 69.6 Å². The molecule has 0 aromatic heterocycles. The molecule has 0 aromatic carbocycles. The second kappa shape index (κ2) is 5.57. The Labute approximate surface area is 109 Å². The van der Waals surface area contributed by atoms with Gasteiger partial charge in [-0.15, -0.1) is 0 Å². The van der Waals surface area contributed by atoms with Crippen molar-refractivity contribution in [3.05, 3.63) is 0 Å². The predicted octanol–water partition coefficient (Wildman–Crippen LogP) is 2.27. The number of carbonyl (C=O) groups is 1. The average molecular weight is 255 g/mol. The first-order valence-electron chi connectivity index (χ1n) is 7.11. The van der Waals surface area contributed by atoms with Gasteiger partial charge in [-0.1, -0.05) is 19.3 Å². The van der Waals surface area contributed by atoms with Gasteiger partial charge in [0, 0.05) is 18.2 Å². The summed E-state index contributed by atoms with van der Waals surface area (Å²) in [6, 6.07) is 0.377. The number of nitrogens with zero attached hydrogens (tertiary/aromatic N) is 1. The molecule has 0 bridgehead atoms. The minimum atomic E-state index is -0.671. The zero-order chi connectivity index (χ0) is 13.2. The molecule has 104 valence electrons. The van der Waals surface area contributed by atoms with Crippen LogP contribution < -0.4 is 0 Å². The first-order chi connectivity index (χ1) is 8.55. The highest BCUT2D eigenvalue weighted by molar-refractivity contribution is 5.68. The summed E-state index contributed by atoms with van der Waals surface area (Å²) in [7, 11) is 2.10. The molecule has 0 amide bonds. The van der Waals surface area contributed by atoms with Crippen molar-refractivity contribution in [2.75, 3.05) is 13.7 Å². The van der Waals surface area contributed by atoms with Gasteiger partial charge in [-0.05, 0) is 33.2 Å². The number of likely N-dealkylation sites (N-methyl/N-ethyl adjacent to an activating group) is 1. The van der Waals surface area contributed by atoms with Crippen LogP contribution in [0.3, 0.4) is 0 Å². The second-order valence-corrected chi connectivity index (χ2v) is 5.90. The Hall–Kier alpha value is -0.610. The summed E-state index contributed by atoms with van der Waals surface area (Å²) < 4.78 is 5.64. The Morgan fingerprint density at radius 3 is 2.56 bits per heavy atom. The van der Waals surface area contributed by atoms with Crippen molar-refractivity contribution in [1.29, 1.82) is 0 Å². The van der Waals surface area contributed by atoms with E-state index in [1.165, 1.54) is 6.42 Å². The Balaban J connectivity index is 2.14. The fourth-order valence-corrected chi connectivity index (χ4v) is 3.73. The van der Waals surface area contributed by atoms with E-state index in [9.17, 15) is 9.90 Å². The van der Waals surface area contributed by atoms with Gasteiger partial charge in [0.1, 0.15) is 0 Å². The Morgan fingerprint density at radius 2 is 2.06 bits per heavy atom. The lowest BCUT2D eigenvalue weighted by Crippen LogP contribution is -2.55. The SMILES string of the molecule is CC1OCCC1N(C)C1(CC(=O)O)CCCCC1. The fraction of sp³-hybridized carbons (Fsp3) is 0.929. The number of ether oxygens (including phenoxy) is 1. The molecule has 1 saturated carbocycles. The van der Waals surface area contributed by atoms with E-state index in [1.807, 2.05) is 0 Å². The molecule has 4 heteroatoms. The van der Waals surface area contributed by atoms with Crippen LogP contribution >= 0.6 is 0 Å². The summed E-state index contributed by atoms with van der Waals surface area (Å²) in [5, 5.41) is 9.23. The molecular formula is C14H25NO3. The summed E-state index contributed by atoms with van der Waals surface area (Å²) in [5.74, 6) is -0.671. The van der Waals surface area contributed by atoms with Crippen LogP contribution in [0.4, 0.5) is 0 Å². The Kier molecular flexibility index (Phi) is 4.28. The third kappa shape index (κ3) is 2.69. The van der Waals surface area contributed by atoms with Gasteiger partial charge in [0.15, 0.2) is 0 Å². The van der Waals surface area contributed by atoms with Crippen molar-refractivity contribution in [3.8, 4) is 0 Å². The minimum Gasteiger partial charge on any atom is -0.481 e. The van der Waals surface area contributed by atoms with E-state index >= 15 is 0 Å². The largest absolute Gasteiger partial charge is 0.481 e. The minimum absolute atomic E-state index is 0.142. The van der Waals surface area contributed by atoms with E-state index < -0.39 is 5.97 Å². The van der Waals surface area contributed by atoms with Gasteiger partial charge in [0.2, 0.25) is 0 Å². The molecule has 2 rings (SSSR count). The van der Waals surface area contributed by atoms with E-state index in [1.54, 1.807) is 0 Å². The van der Waals surface area contributed by atoms with Crippen LogP contribution in [0, 0.1) is 0 Å². The normalized spacial score (nSPS) is 31.7. The standard InChI is InChI=1S/C14H25NO3/c1-11-12(6-9-18-11)15(2)14(10-13(16)17)7-4-3-5-8-14/h11-12H,3-10H2,1-2H3,(H,16,17). The number of rotatable bonds is 4. The van der Waals surface area contributed by atoms with Crippen LogP contribution in [0.25, 0.3) is 0 Å². The van der Waals surface area contributed by atoms with E-state index in [0.717, 1.165) is 38.7 Å². The molecule has 2 unspecified atom stereocenters. The molecule has 1 N–H and O–H groups in total. The molecule has 4 nitrogen and oxygen atoms in total. The lowest BCUT2D eigenvalue weighted by atomic mass is 9.77. The highest BCUT2D eigenvalue weighted by atomic mass is 16.5. The van der Waals surface area contributed by atoms with E-state index in [2.05, 4.69) is 18.9 Å². The molecule has 2 fully saturated rings. The van der Waals surface area contributed by atoms with E-state index in [-0.39, 0.29) is 18.1 Å². The molecule has 0 radical (unpaired) electrons. The van der Waals surface area contributed by atoms with Crippen LogP contribution in [-0.2, 0) is 9.53 Å². The Bertz CT molecular complexity index is 299. The molecule has 1 aliphatic carbocycles. The molecule has 2 aliphatic rings. The number of hydrogen-bond donors (Lipinski definition) is 1. The average Bonchev–Trinajstić information content (AvgIpc) is 2.74. The smallest absolute Gasteiger partial charge is 0.305 e. The number of carboxylic acids is 1. The van der Waals surface area contributed by atoms with Gasteiger partial charge < -0.3 is 9.84 Å². The van der Waals surface area contributed by atoms with Gasteiger partial charge >= 0.3 is 5.97 Å². The first kappa shape index (κ1) is 13.8. The van der Waals surface area contributed by atoms with Crippen LogP contribution in [0.15, 0.2) is 0 Å². The second-order valence-electron chi connectivity index (χ2n) is 5.90. The summed E-state index contributed by atoms with van der Waals surface area (Å²) in [6.45, 7) is 2.91. The predicted molar refractivity (Wildman–Crippen MR) is 69.7 cm³/mol. The lowest BCUT2D eigenvalue weighted by molar-refractivity contribution is -0.142. The topological polar surface area (TPSA) is 49.8 Å². The molecule has 18 heavy (non-hydrogen) atoms. The van der Waals surface area contributed by atoms with Gasteiger partial charge in [-0.3, -0.25) is 9.69 Å². The zero-order valence-corrected chi connectivity index (χ0v) is 11.5. The zero-order valence-electron chi connectivity index (χ0n) is 11.5. The summed E-state index contributed by atoms with van der Waals surface area (Å²) in [5.41, 5.74) is -0.142.